The van der Waals surface area contributed by atoms with E-state index in [0.717, 1.165) is 95.3 Å². The molecule has 2 fully saturated rings. The summed E-state index contributed by atoms with van der Waals surface area (Å²) in [7, 11) is 3.99. The number of imidazole rings is 2. The lowest BCUT2D eigenvalue weighted by molar-refractivity contribution is -0.131. The van der Waals surface area contributed by atoms with Crippen molar-refractivity contribution in [3.05, 3.63) is 138 Å². The van der Waals surface area contributed by atoms with E-state index in [-0.39, 0.29) is 23.9 Å². The fourth-order valence-electron chi connectivity index (χ4n) is 7.57. The Bertz CT molecular complexity index is 2150. The number of amides is 2. The molecule has 4 aromatic carbocycles. The van der Waals surface area contributed by atoms with Crippen LogP contribution in [0.2, 0.25) is 0 Å². The third kappa shape index (κ3) is 6.74. The number of nitrogens with one attached hydrogen (secondary N) is 2. The average Bonchev–Trinajstić information content (AvgIpc) is 4.02. The molecule has 8 rings (SSSR count). The summed E-state index contributed by atoms with van der Waals surface area (Å²) in [5, 5.41) is 0. The monoisotopic (exact) mass is 689 g/mol. The van der Waals surface area contributed by atoms with Gasteiger partial charge in [-0.05, 0) is 77.8 Å². The number of nitrogens with zero attached hydrogens (tertiary/aromatic N) is 5. The van der Waals surface area contributed by atoms with Gasteiger partial charge >= 0.3 is 0 Å². The molecule has 2 saturated heterocycles. The molecule has 9 nitrogen and oxygen atoms in total. The minimum atomic E-state index is -0.0715. The number of anilines is 1. The highest BCUT2D eigenvalue weighted by Gasteiger charge is 2.33. The van der Waals surface area contributed by atoms with Crippen LogP contribution in [0.3, 0.4) is 0 Å². The lowest BCUT2D eigenvalue weighted by Crippen LogP contribution is -2.32. The second-order valence-electron chi connectivity index (χ2n) is 14.0. The summed E-state index contributed by atoms with van der Waals surface area (Å²) in [6, 6.07) is 34.6. The van der Waals surface area contributed by atoms with Crippen LogP contribution >= 0.6 is 0 Å². The van der Waals surface area contributed by atoms with Gasteiger partial charge in [-0.1, -0.05) is 78.9 Å². The van der Waals surface area contributed by atoms with Gasteiger partial charge < -0.3 is 24.7 Å². The van der Waals surface area contributed by atoms with E-state index in [9.17, 15) is 9.59 Å². The normalized spacial score (nSPS) is 17.1. The number of carbonyl (C=O) groups is 2. The Kier molecular flexibility index (Phi) is 9.16. The third-order valence-corrected chi connectivity index (χ3v) is 10.5. The predicted octanol–water partition coefficient (Wildman–Crippen LogP) is 8.08. The topological polar surface area (TPSA) is 101 Å². The van der Waals surface area contributed by atoms with Crippen molar-refractivity contribution in [3.63, 3.8) is 0 Å². The van der Waals surface area contributed by atoms with Gasteiger partial charge in [-0.2, -0.15) is 0 Å². The first-order valence-corrected chi connectivity index (χ1v) is 18.1. The Balaban J connectivity index is 0.913. The van der Waals surface area contributed by atoms with E-state index in [4.69, 9.17) is 9.97 Å². The summed E-state index contributed by atoms with van der Waals surface area (Å²) in [5.41, 5.74) is 9.01. The molecule has 0 unspecified atom stereocenters. The fraction of sp³-hybridized carbons (Fsp3) is 0.256. The molecule has 2 aromatic heterocycles. The van der Waals surface area contributed by atoms with Crippen molar-refractivity contribution in [1.82, 2.24) is 29.7 Å². The molecule has 0 saturated carbocycles. The lowest BCUT2D eigenvalue weighted by Gasteiger charge is -2.23. The maximum atomic E-state index is 13.5. The van der Waals surface area contributed by atoms with Gasteiger partial charge in [0, 0.05) is 38.4 Å². The molecule has 2 N–H and O–H groups in total. The summed E-state index contributed by atoms with van der Waals surface area (Å²) in [6.45, 7) is 1.48. The molecule has 0 spiro atoms. The van der Waals surface area contributed by atoms with Gasteiger partial charge in [-0.3, -0.25) is 9.59 Å². The highest BCUT2D eigenvalue weighted by Crippen LogP contribution is 2.35. The second kappa shape index (κ2) is 14.3. The van der Waals surface area contributed by atoms with E-state index in [1.165, 1.54) is 0 Å². The Morgan fingerprint density at radius 1 is 0.654 bits per heavy atom. The minimum absolute atomic E-state index is 0.0283. The van der Waals surface area contributed by atoms with Crippen molar-refractivity contribution in [1.29, 1.82) is 0 Å². The van der Waals surface area contributed by atoms with Crippen LogP contribution in [0.15, 0.2) is 116 Å². The molecule has 4 heterocycles. The maximum absolute atomic E-state index is 13.5. The first-order valence-electron chi connectivity index (χ1n) is 18.1. The van der Waals surface area contributed by atoms with E-state index in [2.05, 4.69) is 58.5 Å². The van der Waals surface area contributed by atoms with Crippen molar-refractivity contribution in [2.24, 2.45) is 0 Å². The number of benzene rings is 4. The van der Waals surface area contributed by atoms with Crippen molar-refractivity contribution in [3.8, 4) is 33.6 Å². The van der Waals surface area contributed by atoms with Gasteiger partial charge in [-0.25, -0.2) is 9.97 Å². The van der Waals surface area contributed by atoms with Crippen molar-refractivity contribution < 1.29 is 9.59 Å². The van der Waals surface area contributed by atoms with Gasteiger partial charge in [-0.15, -0.1) is 0 Å². The maximum Gasteiger partial charge on any atom is 0.254 e. The first kappa shape index (κ1) is 33.2. The number of H-pyrrole nitrogens is 2. The molecular weight excluding hydrogens is 647 g/mol. The average molecular weight is 690 g/mol. The summed E-state index contributed by atoms with van der Waals surface area (Å²) in [4.78, 5) is 49.1. The third-order valence-electron chi connectivity index (χ3n) is 10.5. The molecule has 2 aliphatic heterocycles. The number of aromatic nitrogens is 4. The van der Waals surface area contributed by atoms with Crippen molar-refractivity contribution >= 4 is 17.5 Å². The molecule has 6 aromatic rings. The summed E-state index contributed by atoms with van der Waals surface area (Å²) in [6.07, 6.45) is 7.87. The smallest absolute Gasteiger partial charge is 0.254 e. The molecule has 2 atom stereocenters. The number of rotatable bonds is 9. The van der Waals surface area contributed by atoms with Crippen molar-refractivity contribution in [2.45, 2.75) is 44.2 Å². The van der Waals surface area contributed by atoms with Crippen LogP contribution in [0.4, 0.5) is 5.69 Å². The molecule has 9 heteroatoms. The number of likely N-dealkylation sites (tertiary alicyclic amines) is 2. The molecule has 52 heavy (non-hydrogen) atoms. The van der Waals surface area contributed by atoms with E-state index < -0.39 is 0 Å². The van der Waals surface area contributed by atoms with Crippen molar-refractivity contribution in [2.75, 3.05) is 32.1 Å². The number of carbonyl (C=O) groups excluding carboxylic acids is 2. The Morgan fingerprint density at radius 3 is 1.69 bits per heavy atom. The Labute approximate surface area is 304 Å². The zero-order valence-corrected chi connectivity index (χ0v) is 29.6. The number of aromatic amines is 2. The quantitative estimate of drug-likeness (QED) is 0.160. The fourth-order valence-corrected chi connectivity index (χ4v) is 7.57. The minimum Gasteiger partial charge on any atom is -0.378 e. The summed E-state index contributed by atoms with van der Waals surface area (Å²) in [5.74, 6) is 1.86. The van der Waals surface area contributed by atoms with E-state index >= 15 is 0 Å². The SMILES string of the molecule is CN(C)c1ccc(C(=O)N2CCC[C@H]2c2ncc(-c3ccc(-c4ccc(-c5cnc([C@@H]6CCCN6C(=O)Cc6ccccc6)[nH]5)cc4)cc3)[nH]2)cc1. The molecule has 0 radical (unpaired) electrons. The van der Waals surface area contributed by atoms with Gasteiger partial charge in [0.2, 0.25) is 5.91 Å². The number of hydrogen-bond donors (Lipinski definition) is 2. The largest absolute Gasteiger partial charge is 0.378 e. The summed E-state index contributed by atoms with van der Waals surface area (Å²) >= 11 is 0. The molecule has 0 bridgehead atoms. The van der Waals surface area contributed by atoms with Gasteiger partial charge in [0.25, 0.3) is 5.91 Å². The zero-order valence-electron chi connectivity index (χ0n) is 29.6. The highest BCUT2D eigenvalue weighted by molar-refractivity contribution is 5.95. The van der Waals surface area contributed by atoms with Crippen LogP contribution in [0.25, 0.3) is 33.6 Å². The molecule has 2 amide bonds. The first-order chi connectivity index (χ1) is 25.4. The molecule has 2 aliphatic rings. The summed E-state index contributed by atoms with van der Waals surface area (Å²) < 4.78 is 0. The predicted molar refractivity (Wildman–Crippen MR) is 205 cm³/mol. The van der Waals surface area contributed by atoms with E-state index in [0.29, 0.717) is 12.0 Å². The van der Waals surface area contributed by atoms with Crippen LogP contribution < -0.4 is 4.90 Å². The van der Waals surface area contributed by atoms with Gasteiger partial charge in [0.15, 0.2) is 0 Å². The number of hydrogen-bond acceptors (Lipinski definition) is 5. The van der Waals surface area contributed by atoms with Crippen LogP contribution in [0.5, 0.6) is 0 Å². The molecular formula is C43H43N7O2. The molecule has 0 aliphatic carbocycles. The standard InChI is InChI=1S/C43H43N7O2/c1-48(2)35-22-20-34(21-23-35)43(52)50-25-7-11-39(50)42-45-28-37(47-42)33-18-14-31(15-19-33)30-12-16-32(17-13-30)36-27-44-41(46-36)38-10-6-24-49(38)40(51)26-29-8-4-3-5-9-29/h3-5,8-9,12-23,27-28,38-39H,6-7,10-11,24-26H2,1-2H3,(H,44,46)(H,45,47)/t38-,39-/m0/s1. The van der Waals surface area contributed by atoms with E-state index in [1.807, 2.05) is 95.8 Å². The van der Waals surface area contributed by atoms with Gasteiger partial charge in [0.1, 0.15) is 11.6 Å². The molecule has 262 valence electrons. The van der Waals surface area contributed by atoms with Gasteiger partial charge in [0.05, 0.1) is 42.3 Å². The highest BCUT2D eigenvalue weighted by atomic mass is 16.2. The van der Waals surface area contributed by atoms with E-state index in [1.54, 1.807) is 0 Å². The van der Waals surface area contributed by atoms with Crippen LogP contribution in [0, 0.1) is 0 Å². The van der Waals surface area contributed by atoms with Crippen LogP contribution in [-0.2, 0) is 11.2 Å². The lowest BCUT2D eigenvalue weighted by atomic mass is 10.0. The Morgan fingerprint density at radius 2 is 1.15 bits per heavy atom. The van der Waals surface area contributed by atoms with Crippen LogP contribution in [0.1, 0.15) is 65.3 Å². The second-order valence-corrected chi connectivity index (χ2v) is 14.0. The Hall–Kier alpha value is -5.96. The van der Waals surface area contributed by atoms with Crippen LogP contribution in [-0.4, -0.2) is 68.7 Å². The zero-order chi connectivity index (χ0) is 35.6.